The van der Waals surface area contributed by atoms with Gasteiger partial charge in [0.05, 0.1) is 10.2 Å². The minimum Gasteiger partial charge on any atom is -0.484 e. The van der Waals surface area contributed by atoms with E-state index in [0.717, 1.165) is 5.69 Å². The highest BCUT2D eigenvalue weighted by atomic mass is 79.9. The topological polar surface area (TPSA) is 102 Å². The van der Waals surface area contributed by atoms with Gasteiger partial charge in [-0.15, -0.1) is 0 Å². The minimum absolute atomic E-state index is 0.207. The molecule has 2 aromatic rings. The lowest BCUT2D eigenvalue weighted by atomic mass is 9.95. The van der Waals surface area contributed by atoms with E-state index in [0.29, 0.717) is 34.4 Å². The molecule has 1 aromatic carbocycles. The number of hydrogen-bond donors (Lipinski definition) is 2. The van der Waals surface area contributed by atoms with Gasteiger partial charge in [0.15, 0.2) is 5.76 Å². The van der Waals surface area contributed by atoms with Crippen molar-refractivity contribution in [3.63, 3.8) is 0 Å². The lowest BCUT2D eigenvalue weighted by Gasteiger charge is -2.25. The number of hydrogen-bond acceptors (Lipinski definition) is 5. The Labute approximate surface area is 159 Å². The lowest BCUT2D eigenvalue weighted by molar-refractivity contribution is -0.144. The fraction of sp³-hybridized carbons (Fsp3) is 0.389. The molecule has 1 atom stereocenters. The second-order valence-corrected chi connectivity index (χ2v) is 7.06. The predicted octanol–water partition coefficient (Wildman–Crippen LogP) is 3.70. The van der Waals surface area contributed by atoms with Crippen molar-refractivity contribution >= 4 is 27.8 Å². The molecule has 140 valence electrons. The van der Waals surface area contributed by atoms with Crippen LogP contribution in [0.2, 0.25) is 0 Å². The zero-order valence-electron chi connectivity index (χ0n) is 14.8. The highest BCUT2D eigenvalue weighted by Gasteiger charge is 2.34. The van der Waals surface area contributed by atoms with Gasteiger partial charge in [0.2, 0.25) is 0 Å². The third-order valence-corrected chi connectivity index (χ3v) is 4.47. The van der Waals surface area contributed by atoms with E-state index in [1.54, 1.807) is 24.3 Å². The van der Waals surface area contributed by atoms with Gasteiger partial charge >= 0.3 is 5.97 Å². The van der Waals surface area contributed by atoms with Crippen molar-refractivity contribution in [2.45, 2.75) is 45.8 Å². The van der Waals surface area contributed by atoms with Crippen LogP contribution < -0.4 is 10.1 Å². The number of aromatic nitrogens is 1. The van der Waals surface area contributed by atoms with Crippen molar-refractivity contribution < 1.29 is 24.0 Å². The van der Waals surface area contributed by atoms with Gasteiger partial charge in [0.1, 0.15) is 17.9 Å². The van der Waals surface area contributed by atoms with Crippen LogP contribution >= 0.6 is 15.9 Å². The number of aryl methyl sites for hydroxylation is 1. The number of carboxylic acids is 1. The van der Waals surface area contributed by atoms with Crippen LogP contribution in [0.1, 0.15) is 48.5 Å². The van der Waals surface area contributed by atoms with Crippen LogP contribution in [0.4, 0.5) is 0 Å². The SMILES string of the molecule is CCCC(C)(NC(=O)c1ccc(OCc2cc(C)no2)c(Br)c1)C(=O)O. The van der Waals surface area contributed by atoms with Gasteiger partial charge < -0.3 is 19.7 Å². The lowest BCUT2D eigenvalue weighted by Crippen LogP contribution is -2.52. The van der Waals surface area contributed by atoms with Gasteiger partial charge in [0.25, 0.3) is 5.91 Å². The molecule has 1 amide bonds. The Kier molecular flexibility index (Phi) is 6.42. The van der Waals surface area contributed by atoms with Gasteiger partial charge in [-0.1, -0.05) is 18.5 Å². The number of carbonyl (C=O) groups excluding carboxylic acids is 1. The van der Waals surface area contributed by atoms with Crippen molar-refractivity contribution in [1.29, 1.82) is 0 Å². The molecule has 0 bridgehead atoms. The van der Waals surface area contributed by atoms with E-state index in [1.165, 1.54) is 6.92 Å². The van der Waals surface area contributed by atoms with E-state index in [9.17, 15) is 14.7 Å². The fourth-order valence-corrected chi connectivity index (χ4v) is 2.93. The molecular formula is C18H21BrN2O5. The van der Waals surface area contributed by atoms with Crippen LogP contribution in [0, 0.1) is 6.92 Å². The largest absolute Gasteiger partial charge is 0.484 e. The minimum atomic E-state index is -1.31. The first kappa shape index (κ1) is 20.0. The Hall–Kier alpha value is -2.35. The number of rotatable bonds is 8. The van der Waals surface area contributed by atoms with E-state index in [1.807, 2.05) is 13.8 Å². The monoisotopic (exact) mass is 424 g/mol. The van der Waals surface area contributed by atoms with E-state index >= 15 is 0 Å². The number of halogens is 1. The second-order valence-electron chi connectivity index (χ2n) is 6.21. The maximum Gasteiger partial charge on any atom is 0.329 e. The maximum atomic E-state index is 12.4. The third kappa shape index (κ3) is 4.85. The molecule has 0 aliphatic heterocycles. The van der Waals surface area contributed by atoms with E-state index in [4.69, 9.17) is 9.26 Å². The second kappa shape index (κ2) is 8.35. The van der Waals surface area contributed by atoms with Crippen LogP contribution in [0.15, 0.2) is 33.3 Å². The number of nitrogens with zero attached hydrogens (tertiary/aromatic N) is 1. The standard InChI is InChI=1S/C18H21BrN2O5/c1-4-7-18(3,17(23)24)20-16(22)12-5-6-15(14(19)9-12)25-10-13-8-11(2)21-26-13/h5-6,8-9H,4,7,10H2,1-3H3,(H,20,22)(H,23,24). The normalized spacial score (nSPS) is 13.1. The number of benzene rings is 1. The Morgan fingerprint density at radius 3 is 2.65 bits per heavy atom. The summed E-state index contributed by atoms with van der Waals surface area (Å²) in [4.78, 5) is 23.9. The molecular weight excluding hydrogens is 404 g/mol. The first-order valence-corrected chi connectivity index (χ1v) is 8.95. The van der Waals surface area contributed by atoms with Crippen LogP contribution in [0.5, 0.6) is 5.75 Å². The number of carboxylic acid groups (broad SMARTS) is 1. The molecule has 26 heavy (non-hydrogen) atoms. The molecule has 0 saturated carbocycles. The maximum absolute atomic E-state index is 12.4. The van der Waals surface area contributed by atoms with E-state index < -0.39 is 17.4 Å². The molecule has 0 saturated heterocycles. The predicted molar refractivity (Wildman–Crippen MR) is 98.1 cm³/mol. The first-order valence-electron chi connectivity index (χ1n) is 8.15. The van der Waals surface area contributed by atoms with Crippen molar-refractivity contribution in [2.75, 3.05) is 0 Å². The molecule has 1 unspecified atom stereocenters. The van der Waals surface area contributed by atoms with E-state index in [-0.39, 0.29) is 6.61 Å². The number of nitrogens with one attached hydrogen (secondary N) is 1. The zero-order valence-corrected chi connectivity index (χ0v) is 16.4. The molecule has 0 aliphatic rings. The fourth-order valence-electron chi connectivity index (χ4n) is 2.44. The summed E-state index contributed by atoms with van der Waals surface area (Å²) in [5.74, 6) is -0.395. The molecule has 0 fully saturated rings. The quantitative estimate of drug-likeness (QED) is 0.669. The van der Waals surface area contributed by atoms with E-state index in [2.05, 4.69) is 26.4 Å². The van der Waals surface area contributed by atoms with Crippen molar-refractivity contribution in [2.24, 2.45) is 0 Å². The summed E-state index contributed by atoms with van der Waals surface area (Å²) in [5, 5.41) is 15.8. The molecule has 1 aromatic heterocycles. The number of aliphatic carboxylic acids is 1. The molecule has 0 spiro atoms. The van der Waals surface area contributed by atoms with Gasteiger partial charge in [-0.3, -0.25) is 4.79 Å². The summed E-state index contributed by atoms with van der Waals surface area (Å²) < 4.78 is 11.3. The molecule has 1 heterocycles. The molecule has 0 aliphatic carbocycles. The van der Waals surface area contributed by atoms with Crippen molar-refractivity contribution in [3.05, 3.63) is 45.8 Å². The summed E-state index contributed by atoms with van der Waals surface area (Å²) >= 11 is 3.37. The Morgan fingerprint density at radius 2 is 2.12 bits per heavy atom. The zero-order chi connectivity index (χ0) is 19.3. The summed E-state index contributed by atoms with van der Waals surface area (Å²) in [5.41, 5.74) is -0.205. The van der Waals surface area contributed by atoms with Crippen LogP contribution in [0.25, 0.3) is 0 Å². The van der Waals surface area contributed by atoms with Crippen molar-refractivity contribution in [1.82, 2.24) is 10.5 Å². The van der Waals surface area contributed by atoms with Gasteiger partial charge in [-0.05, 0) is 54.4 Å². The average Bonchev–Trinajstić information content (AvgIpc) is 2.99. The molecule has 8 heteroatoms. The third-order valence-electron chi connectivity index (χ3n) is 3.85. The van der Waals surface area contributed by atoms with Gasteiger partial charge in [-0.25, -0.2) is 4.79 Å². The van der Waals surface area contributed by atoms with Gasteiger partial charge in [0, 0.05) is 11.6 Å². The Morgan fingerprint density at radius 1 is 1.38 bits per heavy atom. The van der Waals surface area contributed by atoms with Crippen LogP contribution in [0.3, 0.4) is 0 Å². The molecule has 2 rings (SSSR count). The summed E-state index contributed by atoms with van der Waals surface area (Å²) in [6.07, 6.45) is 0.980. The van der Waals surface area contributed by atoms with Crippen LogP contribution in [-0.4, -0.2) is 27.7 Å². The smallest absolute Gasteiger partial charge is 0.329 e. The summed E-state index contributed by atoms with van der Waals surface area (Å²) in [6.45, 7) is 5.40. The average molecular weight is 425 g/mol. The van der Waals surface area contributed by atoms with Crippen molar-refractivity contribution in [3.8, 4) is 5.75 Å². The number of ether oxygens (including phenoxy) is 1. The number of carbonyl (C=O) groups is 2. The highest BCUT2D eigenvalue weighted by Crippen LogP contribution is 2.27. The number of amides is 1. The molecule has 2 N–H and O–H groups in total. The summed E-state index contributed by atoms with van der Waals surface area (Å²) in [7, 11) is 0. The first-order chi connectivity index (χ1) is 12.2. The summed E-state index contributed by atoms with van der Waals surface area (Å²) in [6, 6.07) is 6.58. The highest BCUT2D eigenvalue weighted by molar-refractivity contribution is 9.10. The Bertz CT molecular complexity index is 805. The molecule has 0 radical (unpaired) electrons. The van der Waals surface area contributed by atoms with Gasteiger partial charge in [-0.2, -0.15) is 0 Å². The molecule has 7 nitrogen and oxygen atoms in total. The van der Waals surface area contributed by atoms with Crippen LogP contribution in [-0.2, 0) is 11.4 Å². The Balaban J connectivity index is 2.07.